The molecule has 5 heteroatoms. The molecule has 3 rings (SSSR count). The Bertz CT molecular complexity index is 631. The number of hydrogen-bond acceptors (Lipinski definition) is 3. The second-order valence-electron chi connectivity index (χ2n) is 5.08. The fraction of sp³-hybridized carbons (Fsp3) is 0.333. The van der Waals surface area contributed by atoms with E-state index in [0.717, 1.165) is 16.5 Å². The van der Waals surface area contributed by atoms with Gasteiger partial charge in [-0.1, -0.05) is 18.2 Å². The van der Waals surface area contributed by atoms with Crippen LogP contribution in [0.1, 0.15) is 22.5 Å². The second kappa shape index (κ2) is 5.25. The summed E-state index contributed by atoms with van der Waals surface area (Å²) in [6.07, 6.45) is 1.42. The van der Waals surface area contributed by atoms with Gasteiger partial charge in [0.1, 0.15) is 0 Å². The Morgan fingerprint density at radius 1 is 1.30 bits per heavy atom. The van der Waals surface area contributed by atoms with Gasteiger partial charge in [-0.25, -0.2) is 0 Å². The molecular weight excluding hydrogens is 274 g/mol. The summed E-state index contributed by atoms with van der Waals surface area (Å²) in [4.78, 5) is 25.9. The summed E-state index contributed by atoms with van der Waals surface area (Å²) in [5.41, 5.74) is 0. The average molecular weight is 289 g/mol. The molecule has 1 aromatic heterocycles. The van der Waals surface area contributed by atoms with Crippen LogP contribution in [0, 0.1) is 5.92 Å². The standard InChI is InChI=1S/C15H15NO3S/c17-14(16-7-3-5-11(9-16)15(18)19)13-8-10-4-1-2-6-12(10)20-13/h1-2,4,6,8,11H,3,5,7,9H2,(H,18,19)/t11-/m1/s1. The van der Waals surface area contributed by atoms with Crippen LogP contribution in [-0.2, 0) is 4.79 Å². The van der Waals surface area contributed by atoms with E-state index in [-0.39, 0.29) is 5.91 Å². The zero-order valence-electron chi connectivity index (χ0n) is 10.9. The molecule has 1 fully saturated rings. The minimum atomic E-state index is -0.807. The Morgan fingerprint density at radius 2 is 2.10 bits per heavy atom. The zero-order chi connectivity index (χ0) is 14.1. The lowest BCUT2D eigenvalue weighted by Crippen LogP contribution is -2.42. The highest BCUT2D eigenvalue weighted by molar-refractivity contribution is 7.20. The number of carboxylic acids is 1. The predicted octanol–water partition coefficient (Wildman–Crippen LogP) is 2.84. The first-order valence-electron chi connectivity index (χ1n) is 6.66. The number of rotatable bonds is 2. The lowest BCUT2D eigenvalue weighted by Gasteiger charge is -2.30. The molecule has 2 heterocycles. The van der Waals surface area contributed by atoms with Crippen LogP contribution in [0.15, 0.2) is 30.3 Å². The molecule has 1 saturated heterocycles. The summed E-state index contributed by atoms with van der Waals surface area (Å²) >= 11 is 1.47. The maximum atomic E-state index is 12.5. The van der Waals surface area contributed by atoms with E-state index in [4.69, 9.17) is 5.11 Å². The van der Waals surface area contributed by atoms with Crippen LogP contribution in [-0.4, -0.2) is 35.0 Å². The molecule has 1 atom stereocenters. The van der Waals surface area contributed by atoms with Gasteiger partial charge in [0.2, 0.25) is 0 Å². The number of likely N-dealkylation sites (tertiary alicyclic amines) is 1. The normalized spacial score (nSPS) is 19.2. The van der Waals surface area contributed by atoms with Crippen LogP contribution in [0.3, 0.4) is 0 Å². The third-order valence-electron chi connectivity index (χ3n) is 3.69. The van der Waals surface area contributed by atoms with Crippen LogP contribution in [0.2, 0.25) is 0 Å². The summed E-state index contributed by atoms with van der Waals surface area (Å²) in [5, 5.41) is 10.1. The number of carboxylic acid groups (broad SMARTS) is 1. The fourth-order valence-corrected chi connectivity index (χ4v) is 3.64. The van der Waals surface area contributed by atoms with Crippen molar-refractivity contribution in [2.75, 3.05) is 13.1 Å². The highest BCUT2D eigenvalue weighted by atomic mass is 32.1. The van der Waals surface area contributed by atoms with Crippen LogP contribution < -0.4 is 0 Å². The number of carbonyl (C=O) groups excluding carboxylic acids is 1. The van der Waals surface area contributed by atoms with E-state index in [0.29, 0.717) is 24.4 Å². The molecule has 0 spiro atoms. The molecular formula is C15H15NO3S. The molecule has 1 N–H and O–H groups in total. The summed E-state index contributed by atoms with van der Waals surface area (Å²) in [7, 11) is 0. The van der Waals surface area contributed by atoms with Crippen molar-refractivity contribution in [3.63, 3.8) is 0 Å². The van der Waals surface area contributed by atoms with Crippen molar-refractivity contribution < 1.29 is 14.7 Å². The highest BCUT2D eigenvalue weighted by Gasteiger charge is 2.29. The first-order chi connectivity index (χ1) is 9.65. The number of nitrogens with zero attached hydrogens (tertiary/aromatic N) is 1. The van der Waals surface area contributed by atoms with Crippen molar-refractivity contribution >= 4 is 33.3 Å². The van der Waals surface area contributed by atoms with Crippen molar-refractivity contribution in [3.8, 4) is 0 Å². The Labute approximate surface area is 120 Å². The lowest BCUT2D eigenvalue weighted by atomic mass is 9.98. The van der Waals surface area contributed by atoms with Crippen LogP contribution in [0.5, 0.6) is 0 Å². The van der Waals surface area contributed by atoms with Gasteiger partial charge >= 0.3 is 5.97 Å². The molecule has 2 aromatic rings. The molecule has 20 heavy (non-hydrogen) atoms. The number of carbonyl (C=O) groups is 2. The van der Waals surface area contributed by atoms with Gasteiger partial charge in [0.25, 0.3) is 5.91 Å². The van der Waals surface area contributed by atoms with E-state index in [9.17, 15) is 9.59 Å². The number of aliphatic carboxylic acids is 1. The Balaban J connectivity index is 1.82. The second-order valence-corrected chi connectivity index (χ2v) is 6.16. The smallest absolute Gasteiger partial charge is 0.308 e. The van der Waals surface area contributed by atoms with Crippen LogP contribution >= 0.6 is 11.3 Å². The predicted molar refractivity (Wildman–Crippen MR) is 78.1 cm³/mol. The van der Waals surface area contributed by atoms with Crippen LogP contribution in [0.25, 0.3) is 10.1 Å². The minimum absolute atomic E-state index is 0.0443. The number of benzene rings is 1. The molecule has 0 bridgehead atoms. The molecule has 0 unspecified atom stereocenters. The summed E-state index contributed by atoms with van der Waals surface area (Å²) < 4.78 is 1.09. The number of thiophene rings is 1. The molecule has 0 saturated carbocycles. The zero-order valence-corrected chi connectivity index (χ0v) is 11.7. The summed E-state index contributed by atoms with van der Waals surface area (Å²) in [5.74, 6) is -1.28. The van der Waals surface area contributed by atoms with Crippen molar-refractivity contribution in [2.24, 2.45) is 5.92 Å². The van der Waals surface area contributed by atoms with Crippen molar-refractivity contribution in [3.05, 3.63) is 35.2 Å². The van der Waals surface area contributed by atoms with Crippen molar-refractivity contribution in [2.45, 2.75) is 12.8 Å². The van der Waals surface area contributed by atoms with Gasteiger partial charge in [-0.15, -0.1) is 11.3 Å². The van der Waals surface area contributed by atoms with E-state index in [2.05, 4.69) is 0 Å². The third-order valence-corrected chi connectivity index (χ3v) is 4.80. The topological polar surface area (TPSA) is 57.6 Å². The number of piperidine rings is 1. The van der Waals surface area contributed by atoms with Gasteiger partial charge in [0.05, 0.1) is 10.8 Å². The molecule has 1 aliphatic heterocycles. The van der Waals surface area contributed by atoms with Crippen LogP contribution in [0.4, 0.5) is 0 Å². The average Bonchev–Trinajstić information content (AvgIpc) is 2.90. The van der Waals surface area contributed by atoms with Gasteiger partial charge in [0, 0.05) is 17.8 Å². The molecule has 1 amide bonds. The molecule has 1 aliphatic rings. The molecule has 0 radical (unpaired) electrons. The molecule has 1 aromatic carbocycles. The largest absolute Gasteiger partial charge is 0.481 e. The van der Waals surface area contributed by atoms with Gasteiger partial charge in [-0.3, -0.25) is 9.59 Å². The van der Waals surface area contributed by atoms with E-state index >= 15 is 0 Å². The first-order valence-corrected chi connectivity index (χ1v) is 7.47. The minimum Gasteiger partial charge on any atom is -0.481 e. The Kier molecular flexibility index (Phi) is 3.44. The highest BCUT2D eigenvalue weighted by Crippen LogP contribution is 2.27. The van der Waals surface area contributed by atoms with E-state index in [1.165, 1.54) is 11.3 Å². The molecule has 0 aliphatic carbocycles. The quantitative estimate of drug-likeness (QED) is 0.925. The number of hydrogen-bond donors (Lipinski definition) is 1. The first kappa shape index (κ1) is 13.1. The van der Waals surface area contributed by atoms with E-state index in [1.807, 2.05) is 30.3 Å². The van der Waals surface area contributed by atoms with E-state index in [1.54, 1.807) is 4.90 Å². The van der Waals surface area contributed by atoms with Crippen molar-refractivity contribution in [1.29, 1.82) is 0 Å². The number of amides is 1. The molecule has 4 nitrogen and oxygen atoms in total. The fourth-order valence-electron chi connectivity index (χ4n) is 2.61. The monoisotopic (exact) mass is 289 g/mol. The van der Waals surface area contributed by atoms with Gasteiger partial charge < -0.3 is 10.0 Å². The summed E-state index contributed by atoms with van der Waals surface area (Å²) in [6.45, 7) is 0.971. The maximum Gasteiger partial charge on any atom is 0.308 e. The number of fused-ring (bicyclic) bond motifs is 1. The third kappa shape index (κ3) is 2.41. The molecule has 104 valence electrons. The SMILES string of the molecule is O=C(O)[C@@H]1CCCN(C(=O)c2cc3ccccc3s2)C1. The summed E-state index contributed by atoms with van der Waals surface area (Å²) in [6, 6.07) is 9.78. The maximum absolute atomic E-state index is 12.5. The Hall–Kier alpha value is -1.88. The van der Waals surface area contributed by atoms with Crippen molar-refractivity contribution in [1.82, 2.24) is 4.90 Å². The lowest BCUT2D eigenvalue weighted by molar-refractivity contribution is -0.143. The van der Waals surface area contributed by atoms with Gasteiger partial charge in [-0.2, -0.15) is 0 Å². The van der Waals surface area contributed by atoms with Gasteiger partial charge in [-0.05, 0) is 30.4 Å². The van der Waals surface area contributed by atoms with E-state index < -0.39 is 11.9 Å². The Morgan fingerprint density at radius 3 is 2.85 bits per heavy atom. The van der Waals surface area contributed by atoms with Gasteiger partial charge in [0.15, 0.2) is 0 Å².